The standard InChI is InChI=1S/C17H22N4O2S2/c22-14(19-10-5-6-18-7-10)9-24-8-13-20-16(23)15-11-3-1-2-4-12(11)25-17(15)21-13/h10,18H,1-9H2,(H,19,22)(H,20,21,23). The van der Waals surface area contributed by atoms with Gasteiger partial charge in [0.25, 0.3) is 5.56 Å². The number of hydrogen-bond donors (Lipinski definition) is 3. The van der Waals surface area contributed by atoms with Crippen LogP contribution in [-0.2, 0) is 23.4 Å². The molecule has 0 aromatic carbocycles. The molecule has 1 aliphatic carbocycles. The minimum Gasteiger partial charge on any atom is -0.351 e. The van der Waals surface area contributed by atoms with Crippen molar-refractivity contribution in [1.29, 1.82) is 0 Å². The van der Waals surface area contributed by atoms with Crippen LogP contribution < -0.4 is 16.2 Å². The van der Waals surface area contributed by atoms with Gasteiger partial charge >= 0.3 is 0 Å². The van der Waals surface area contributed by atoms with Crippen LogP contribution in [-0.4, -0.2) is 40.8 Å². The summed E-state index contributed by atoms with van der Waals surface area (Å²) in [6.07, 6.45) is 5.40. The third-order valence-electron chi connectivity index (χ3n) is 4.77. The summed E-state index contributed by atoms with van der Waals surface area (Å²) in [7, 11) is 0. The van der Waals surface area contributed by atoms with Gasteiger partial charge in [0, 0.05) is 17.5 Å². The van der Waals surface area contributed by atoms with E-state index < -0.39 is 0 Å². The van der Waals surface area contributed by atoms with E-state index in [4.69, 9.17) is 0 Å². The summed E-state index contributed by atoms with van der Waals surface area (Å²) in [5.41, 5.74) is 1.19. The zero-order valence-electron chi connectivity index (χ0n) is 14.0. The van der Waals surface area contributed by atoms with Crippen molar-refractivity contribution in [3.05, 3.63) is 26.6 Å². The number of amides is 1. The molecule has 4 rings (SSSR count). The van der Waals surface area contributed by atoms with Crippen LogP contribution in [0, 0.1) is 0 Å². The van der Waals surface area contributed by atoms with Gasteiger partial charge in [0.15, 0.2) is 0 Å². The van der Waals surface area contributed by atoms with Gasteiger partial charge in [-0.3, -0.25) is 9.59 Å². The summed E-state index contributed by atoms with van der Waals surface area (Å²) in [4.78, 5) is 34.2. The van der Waals surface area contributed by atoms with E-state index in [1.807, 2.05) is 0 Å². The Morgan fingerprint density at radius 3 is 3.08 bits per heavy atom. The number of nitrogens with one attached hydrogen (secondary N) is 3. The normalized spacial score (nSPS) is 19.9. The van der Waals surface area contributed by atoms with Crippen LogP contribution in [0.15, 0.2) is 4.79 Å². The van der Waals surface area contributed by atoms with Crippen LogP contribution in [0.1, 0.15) is 35.5 Å². The molecule has 25 heavy (non-hydrogen) atoms. The average Bonchev–Trinajstić information content (AvgIpc) is 3.21. The quantitative estimate of drug-likeness (QED) is 0.735. The minimum absolute atomic E-state index is 0.0264. The third kappa shape index (κ3) is 3.75. The molecule has 1 fully saturated rings. The van der Waals surface area contributed by atoms with Crippen molar-refractivity contribution in [2.45, 2.75) is 43.9 Å². The second kappa shape index (κ2) is 7.47. The van der Waals surface area contributed by atoms with Gasteiger partial charge in [-0.1, -0.05) is 0 Å². The number of nitrogens with zero attached hydrogens (tertiary/aromatic N) is 1. The number of H-pyrrole nitrogens is 1. The number of thiophene rings is 1. The van der Waals surface area contributed by atoms with Gasteiger partial charge in [0.2, 0.25) is 5.91 Å². The highest BCUT2D eigenvalue weighted by atomic mass is 32.2. The molecule has 8 heteroatoms. The van der Waals surface area contributed by atoms with E-state index in [0.29, 0.717) is 17.3 Å². The first-order chi connectivity index (χ1) is 12.2. The fourth-order valence-corrected chi connectivity index (χ4v) is 5.55. The maximum absolute atomic E-state index is 12.5. The lowest BCUT2D eigenvalue weighted by Gasteiger charge is -2.10. The molecule has 0 spiro atoms. The first kappa shape index (κ1) is 17.1. The third-order valence-corrected chi connectivity index (χ3v) is 6.90. The topological polar surface area (TPSA) is 86.9 Å². The van der Waals surface area contributed by atoms with Crippen molar-refractivity contribution >= 4 is 39.2 Å². The molecule has 2 aromatic heterocycles. The molecule has 6 nitrogen and oxygen atoms in total. The Kier molecular flexibility index (Phi) is 5.10. The monoisotopic (exact) mass is 378 g/mol. The minimum atomic E-state index is -0.0264. The second-order valence-corrected chi connectivity index (χ2v) is 8.72. The van der Waals surface area contributed by atoms with Crippen LogP contribution in [0.5, 0.6) is 0 Å². The largest absolute Gasteiger partial charge is 0.351 e. The molecule has 2 aromatic rings. The Morgan fingerprint density at radius 2 is 2.24 bits per heavy atom. The molecular formula is C17H22N4O2S2. The van der Waals surface area contributed by atoms with Gasteiger partial charge in [0.05, 0.1) is 16.9 Å². The molecule has 1 amide bonds. The summed E-state index contributed by atoms with van der Waals surface area (Å²) in [5, 5.41) is 7.05. The molecule has 1 aliphatic heterocycles. The second-order valence-electron chi connectivity index (χ2n) is 6.65. The fourth-order valence-electron chi connectivity index (χ4n) is 3.56. The van der Waals surface area contributed by atoms with Crippen LogP contribution in [0.25, 0.3) is 10.2 Å². The zero-order valence-corrected chi connectivity index (χ0v) is 15.7. The predicted octanol–water partition coefficient (Wildman–Crippen LogP) is 1.57. The summed E-state index contributed by atoms with van der Waals surface area (Å²) in [6.45, 7) is 1.82. The van der Waals surface area contributed by atoms with Gasteiger partial charge in [-0.05, 0) is 44.2 Å². The lowest BCUT2D eigenvalue weighted by Crippen LogP contribution is -2.37. The predicted molar refractivity (Wildman–Crippen MR) is 102 cm³/mol. The number of hydrogen-bond acceptors (Lipinski definition) is 6. The first-order valence-corrected chi connectivity index (χ1v) is 10.8. The van der Waals surface area contributed by atoms with E-state index in [9.17, 15) is 9.59 Å². The van der Waals surface area contributed by atoms with Gasteiger partial charge in [0.1, 0.15) is 10.7 Å². The number of aromatic nitrogens is 2. The van der Waals surface area contributed by atoms with Crippen LogP contribution in [0.3, 0.4) is 0 Å². The van der Waals surface area contributed by atoms with Crippen molar-refractivity contribution in [2.75, 3.05) is 18.8 Å². The zero-order chi connectivity index (χ0) is 17.2. The number of aryl methyl sites for hydroxylation is 2. The molecule has 134 valence electrons. The highest BCUT2D eigenvalue weighted by Gasteiger charge is 2.20. The Hall–Kier alpha value is -1.38. The van der Waals surface area contributed by atoms with E-state index in [0.717, 1.165) is 49.0 Å². The Morgan fingerprint density at radius 1 is 1.36 bits per heavy atom. The number of thioether (sulfide) groups is 1. The van der Waals surface area contributed by atoms with Crippen molar-refractivity contribution in [3.8, 4) is 0 Å². The maximum atomic E-state index is 12.5. The van der Waals surface area contributed by atoms with Crippen LogP contribution in [0.2, 0.25) is 0 Å². The van der Waals surface area contributed by atoms with E-state index >= 15 is 0 Å². The van der Waals surface area contributed by atoms with E-state index in [-0.39, 0.29) is 17.5 Å². The molecule has 0 radical (unpaired) electrons. The lowest BCUT2D eigenvalue weighted by molar-refractivity contribution is -0.119. The first-order valence-electron chi connectivity index (χ1n) is 8.82. The maximum Gasteiger partial charge on any atom is 0.259 e. The smallest absolute Gasteiger partial charge is 0.259 e. The Bertz CT molecular complexity index is 839. The summed E-state index contributed by atoms with van der Waals surface area (Å²) in [6, 6.07) is 0.250. The highest BCUT2D eigenvalue weighted by molar-refractivity contribution is 7.99. The van der Waals surface area contributed by atoms with E-state index in [2.05, 4.69) is 20.6 Å². The van der Waals surface area contributed by atoms with E-state index in [1.54, 1.807) is 11.3 Å². The number of fused-ring (bicyclic) bond motifs is 3. The molecule has 2 aliphatic rings. The van der Waals surface area contributed by atoms with Crippen molar-refractivity contribution in [3.63, 3.8) is 0 Å². The van der Waals surface area contributed by atoms with Crippen LogP contribution >= 0.6 is 23.1 Å². The van der Waals surface area contributed by atoms with Crippen LogP contribution in [0.4, 0.5) is 0 Å². The number of aromatic amines is 1. The average molecular weight is 379 g/mol. The van der Waals surface area contributed by atoms with Gasteiger partial charge < -0.3 is 15.6 Å². The molecule has 0 saturated carbocycles. The molecule has 1 unspecified atom stereocenters. The number of carbonyl (C=O) groups is 1. The van der Waals surface area contributed by atoms with Crippen molar-refractivity contribution in [2.24, 2.45) is 0 Å². The summed E-state index contributed by atoms with van der Waals surface area (Å²) in [5.74, 6) is 1.65. The molecule has 1 saturated heterocycles. The van der Waals surface area contributed by atoms with Crippen molar-refractivity contribution in [1.82, 2.24) is 20.6 Å². The van der Waals surface area contributed by atoms with E-state index in [1.165, 1.54) is 28.6 Å². The number of rotatable bonds is 5. The van der Waals surface area contributed by atoms with Gasteiger partial charge in [-0.25, -0.2) is 4.98 Å². The van der Waals surface area contributed by atoms with Gasteiger partial charge in [-0.2, -0.15) is 0 Å². The SMILES string of the molecule is O=C(CSCc1nc2sc3c(c2c(=O)[nH]1)CCCC3)NC1CCNC1. The molecule has 0 bridgehead atoms. The molecule has 3 heterocycles. The number of carbonyl (C=O) groups excluding carboxylic acids is 1. The van der Waals surface area contributed by atoms with Gasteiger partial charge in [-0.15, -0.1) is 23.1 Å². The molecule has 1 atom stereocenters. The highest BCUT2D eigenvalue weighted by Crippen LogP contribution is 2.33. The Balaban J connectivity index is 1.40. The fraction of sp³-hybridized carbons (Fsp3) is 0.588. The molecular weight excluding hydrogens is 356 g/mol. The Labute approximate surface area is 154 Å². The lowest BCUT2D eigenvalue weighted by atomic mass is 9.97. The summed E-state index contributed by atoms with van der Waals surface area (Å²) < 4.78 is 0. The van der Waals surface area contributed by atoms with Crippen molar-refractivity contribution < 1.29 is 4.79 Å². The molecule has 3 N–H and O–H groups in total. The summed E-state index contributed by atoms with van der Waals surface area (Å²) >= 11 is 3.15.